The van der Waals surface area contributed by atoms with Gasteiger partial charge in [0.05, 0.1) is 25.3 Å². The number of hydrogen-bond acceptors (Lipinski definition) is 5. The predicted molar refractivity (Wildman–Crippen MR) is 119 cm³/mol. The highest BCUT2D eigenvalue weighted by Crippen LogP contribution is 2.10. The third kappa shape index (κ3) is 5.64. The third-order valence-electron chi connectivity index (χ3n) is 4.70. The SMILES string of the molecule is CCCN(C=NCc1cccc(Cc2nn(-c3cnn(CC)c3)ccc2=O)c1)NC. The van der Waals surface area contributed by atoms with E-state index in [-0.39, 0.29) is 5.43 Å². The standard InChI is InChI=1S/C22H29N7O/c1-4-10-28(23-3)17-24-14-19-8-6-7-18(12-19)13-21-22(30)9-11-29(26-21)20-15-25-27(5-2)16-20/h6-9,11-12,15-17,23H,4-5,10,13-14H2,1-3H3. The maximum absolute atomic E-state index is 12.4. The molecule has 0 fully saturated rings. The highest BCUT2D eigenvalue weighted by atomic mass is 16.1. The number of rotatable bonds is 10. The Morgan fingerprint density at radius 3 is 2.80 bits per heavy atom. The van der Waals surface area contributed by atoms with Crippen LogP contribution in [-0.2, 0) is 19.5 Å². The Labute approximate surface area is 176 Å². The second kappa shape index (κ2) is 10.5. The number of aryl methyl sites for hydroxylation is 1. The van der Waals surface area contributed by atoms with Crippen LogP contribution in [0.2, 0.25) is 0 Å². The average molecular weight is 408 g/mol. The molecule has 8 heteroatoms. The van der Waals surface area contributed by atoms with Crippen molar-refractivity contribution in [3.8, 4) is 5.69 Å². The van der Waals surface area contributed by atoms with Gasteiger partial charge in [0.25, 0.3) is 0 Å². The molecule has 30 heavy (non-hydrogen) atoms. The first-order valence-electron chi connectivity index (χ1n) is 10.3. The van der Waals surface area contributed by atoms with Gasteiger partial charge in [-0.15, -0.1) is 0 Å². The molecule has 0 amide bonds. The van der Waals surface area contributed by atoms with Crippen molar-refractivity contribution in [1.82, 2.24) is 30.0 Å². The Bertz CT molecular complexity index is 1040. The van der Waals surface area contributed by atoms with Gasteiger partial charge in [-0.05, 0) is 24.5 Å². The topological polar surface area (TPSA) is 80.3 Å². The summed E-state index contributed by atoms with van der Waals surface area (Å²) in [5, 5.41) is 10.8. The van der Waals surface area contributed by atoms with E-state index in [0.29, 0.717) is 18.7 Å². The molecule has 0 saturated carbocycles. The molecule has 1 N–H and O–H groups in total. The Balaban J connectivity index is 1.73. The summed E-state index contributed by atoms with van der Waals surface area (Å²) >= 11 is 0. The fourth-order valence-corrected chi connectivity index (χ4v) is 3.10. The van der Waals surface area contributed by atoms with E-state index >= 15 is 0 Å². The van der Waals surface area contributed by atoms with Gasteiger partial charge in [0.1, 0.15) is 11.4 Å². The van der Waals surface area contributed by atoms with Gasteiger partial charge in [-0.1, -0.05) is 31.2 Å². The van der Waals surface area contributed by atoms with E-state index in [4.69, 9.17) is 0 Å². The van der Waals surface area contributed by atoms with E-state index in [1.54, 1.807) is 23.1 Å². The van der Waals surface area contributed by atoms with Crippen molar-refractivity contribution < 1.29 is 0 Å². The molecule has 0 bridgehead atoms. The van der Waals surface area contributed by atoms with Crippen molar-refractivity contribution in [2.75, 3.05) is 13.6 Å². The monoisotopic (exact) mass is 407 g/mol. The van der Waals surface area contributed by atoms with Crippen LogP contribution in [0.25, 0.3) is 5.69 Å². The van der Waals surface area contributed by atoms with Gasteiger partial charge in [-0.3, -0.25) is 19.5 Å². The lowest BCUT2D eigenvalue weighted by Crippen LogP contribution is -2.34. The number of aliphatic imine (C=N–C) groups is 1. The molecular formula is C22H29N7O. The Hall–Kier alpha value is -3.26. The number of benzene rings is 1. The zero-order valence-corrected chi connectivity index (χ0v) is 17.8. The normalized spacial score (nSPS) is 11.3. The molecular weight excluding hydrogens is 378 g/mol. The second-order valence-electron chi connectivity index (χ2n) is 7.00. The van der Waals surface area contributed by atoms with Crippen LogP contribution in [0.15, 0.2) is 58.7 Å². The molecule has 8 nitrogen and oxygen atoms in total. The van der Waals surface area contributed by atoms with Crippen LogP contribution in [0.4, 0.5) is 0 Å². The lowest BCUT2D eigenvalue weighted by Gasteiger charge is -2.16. The molecule has 0 unspecified atom stereocenters. The second-order valence-corrected chi connectivity index (χ2v) is 7.00. The number of nitrogens with one attached hydrogen (secondary N) is 1. The molecule has 3 aromatic rings. The van der Waals surface area contributed by atoms with Gasteiger partial charge in [-0.2, -0.15) is 10.2 Å². The summed E-state index contributed by atoms with van der Waals surface area (Å²) < 4.78 is 3.53. The molecule has 158 valence electrons. The highest BCUT2D eigenvalue weighted by Gasteiger charge is 2.07. The van der Waals surface area contributed by atoms with Gasteiger partial charge < -0.3 is 0 Å². The maximum Gasteiger partial charge on any atom is 0.203 e. The summed E-state index contributed by atoms with van der Waals surface area (Å²) in [5.74, 6) is 0. The molecule has 2 heterocycles. The smallest absolute Gasteiger partial charge is 0.203 e. The zero-order chi connectivity index (χ0) is 21.3. The van der Waals surface area contributed by atoms with Crippen LogP contribution in [0.5, 0.6) is 0 Å². The van der Waals surface area contributed by atoms with Crippen LogP contribution in [-0.4, -0.2) is 44.5 Å². The third-order valence-corrected chi connectivity index (χ3v) is 4.70. The van der Waals surface area contributed by atoms with Gasteiger partial charge in [0.2, 0.25) is 5.43 Å². The van der Waals surface area contributed by atoms with Gasteiger partial charge >= 0.3 is 0 Å². The van der Waals surface area contributed by atoms with Crippen LogP contribution < -0.4 is 10.9 Å². The molecule has 1 aromatic carbocycles. The molecule has 0 aliphatic carbocycles. The maximum atomic E-state index is 12.4. The minimum Gasteiger partial charge on any atom is -0.299 e. The quantitative estimate of drug-likeness (QED) is 0.317. The zero-order valence-electron chi connectivity index (χ0n) is 17.8. The fraction of sp³-hybridized carbons (Fsp3) is 0.364. The predicted octanol–water partition coefficient (Wildman–Crippen LogP) is 2.41. The molecule has 0 aliphatic heterocycles. The van der Waals surface area contributed by atoms with Crippen LogP contribution in [0.1, 0.15) is 37.1 Å². The van der Waals surface area contributed by atoms with E-state index in [9.17, 15) is 4.79 Å². The number of hydrazine groups is 1. The first kappa shape index (κ1) is 21.4. The van der Waals surface area contributed by atoms with E-state index in [1.807, 2.05) is 54.4 Å². The van der Waals surface area contributed by atoms with Crippen molar-refractivity contribution >= 4 is 6.34 Å². The van der Waals surface area contributed by atoms with Crippen LogP contribution >= 0.6 is 0 Å². The number of nitrogens with zero attached hydrogens (tertiary/aromatic N) is 6. The molecule has 2 aromatic heterocycles. The molecule has 0 radical (unpaired) electrons. The molecule has 0 saturated heterocycles. The Morgan fingerprint density at radius 2 is 2.07 bits per heavy atom. The van der Waals surface area contributed by atoms with Gasteiger partial charge in [0.15, 0.2) is 0 Å². The van der Waals surface area contributed by atoms with E-state index in [2.05, 4.69) is 33.6 Å². The van der Waals surface area contributed by atoms with Crippen LogP contribution in [0, 0.1) is 0 Å². The summed E-state index contributed by atoms with van der Waals surface area (Å²) in [7, 11) is 1.88. The highest BCUT2D eigenvalue weighted by molar-refractivity contribution is 5.54. The van der Waals surface area contributed by atoms with Crippen LogP contribution in [0.3, 0.4) is 0 Å². The Kier molecular flexibility index (Phi) is 7.51. The summed E-state index contributed by atoms with van der Waals surface area (Å²) in [6.45, 7) is 6.43. The van der Waals surface area contributed by atoms with E-state index < -0.39 is 0 Å². The summed E-state index contributed by atoms with van der Waals surface area (Å²) in [4.78, 5) is 16.9. The van der Waals surface area contributed by atoms with Crippen molar-refractivity contribution in [3.05, 3.63) is 76.0 Å². The van der Waals surface area contributed by atoms with E-state index in [1.165, 1.54) is 0 Å². The summed E-state index contributed by atoms with van der Waals surface area (Å²) in [6.07, 6.45) is 8.67. The molecule has 0 atom stereocenters. The molecule has 0 spiro atoms. The molecule has 0 aliphatic rings. The number of aromatic nitrogens is 4. The van der Waals surface area contributed by atoms with Crippen molar-refractivity contribution in [2.24, 2.45) is 4.99 Å². The van der Waals surface area contributed by atoms with Crippen molar-refractivity contribution in [2.45, 2.75) is 39.8 Å². The molecule has 3 rings (SSSR count). The van der Waals surface area contributed by atoms with E-state index in [0.717, 1.165) is 36.3 Å². The first-order valence-corrected chi connectivity index (χ1v) is 10.3. The summed E-state index contributed by atoms with van der Waals surface area (Å²) in [6, 6.07) is 9.68. The summed E-state index contributed by atoms with van der Waals surface area (Å²) in [5.41, 5.74) is 6.50. The minimum absolute atomic E-state index is 0.0678. The number of hydrogen-bond donors (Lipinski definition) is 1. The fourth-order valence-electron chi connectivity index (χ4n) is 3.10. The Morgan fingerprint density at radius 1 is 1.23 bits per heavy atom. The lowest BCUT2D eigenvalue weighted by atomic mass is 10.1. The van der Waals surface area contributed by atoms with Gasteiger partial charge in [-0.25, -0.2) is 10.1 Å². The first-order chi connectivity index (χ1) is 14.6. The minimum atomic E-state index is -0.0678. The lowest BCUT2D eigenvalue weighted by molar-refractivity contribution is 0.348. The largest absolute Gasteiger partial charge is 0.299 e. The van der Waals surface area contributed by atoms with Crippen molar-refractivity contribution in [3.63, 3.8) is 0 Å². The van der Waals surface area contributed by atoms with Crippen molar-refractivity contribution in [1.29, 1.82) is 0 Å². The average Bonchev–Trinajstić information content (AvgIpc) is 3.24. The van der Waals surface area contributed by atoms with Gasteiger partial charge in [0, 0.05) is 38.8 Å².